The van der Waals surface area contributed by atoms with E-state index in [0.29, 0.717) is 28.8 Å². The lowest BCUT2D eigenvalue weighted by atomic mass is 10.1. The molecule has 2 aliphatic rings. The monoisotopic (exact) mass is 475 g/mol. The molecule has 1 saturated carbocycles. The third kappa shape index (κ3) is 3.81. The third-order valence-corrected chi connectivity index (χ3v) is 7.37. The van der Waals surface area contributed by atoms with Crippen molar-refractivity contribution in [3.8, 4) is 16.5 Å². The van der Waals surface area contributed by atoms with Crippen LogP contribution in [0.25, 0.3) is 20.8 Å². The Morgan fingerprint density at radius 3 is 2.81 bits per heavy atom. The summed E-state index contributed by atoms with van der Waals surface area (Å²) < 4.78 is 19.0. The quantitative estimate of drug-likeness (QED) is 0.407. The van der Waals surface area contributed by atoms with Gasteiger partial charge in [0, 0.05) is 18.7 Å². The number of nitrogens with zero attached hydrogens (tertiary/aromatic N) is 4. The van der Waals surface area contributed by atoms with Gasteiger partial charge in [-0.05, 0) is 32.6 Å². The van der Waals surface area contributed by atoms with Gasteiger partial charge in [-0.2, -0.15) is 4.98 Å². The Hall–Kier alpha value is -2.05. The van der Waals surface area contributed by atoms with Crippen molar-refractivity contribution >= 4 is 39.1 Å². The topological polar surface area (TPSA) is 112 Å². The van der Waals surface area contributed by atoms with E-state index in [0.717, 1.165) is 15.2 Å². The maximum atomic E-state index is 9.92. The summed E-state index contributed by atoms with van der Waals surface area (Å²) in [7, 11) is 1.60. The molecule has 2 N–H and O–H groups in total. The number of aliphatic hydroxyl groups excluding tert-OH is 1. The number of thioether (sulfide) groups is 1. The van der Waals surface area contributed by atoms with Gasteiger partial charge >= 0.3 is 0 Å². The first-order valence-electron chi connectivity index (χ1n) is 10.4. The second-order valence-electron chi connectivity index (χ2n) is 8.30. The zero-order chi connectivity index (χ0) is 22.5. The first-order chi connectivity index (χ1) is 15.4. The number of hydrogen-bond acceptors (Lipinski definition) is 11. The van der Waals surface area contributed by atoms with Gasteiger partial charge in [-0.15, -0.1) is 11.3 Å². The van der Waals surface area contributed by atoms with Crippen LogP contribution in [0.15, 0.2) is 23.6 Å². The molecule has 0 bridgehead atoms. The molecule has 3 aromatic rings. The lowest BCUT2D eigenvalue weighted by Gasteiger charge is -2.24. The van der Waals surface area contributed by atoms with Gasteiger partial charge in [0.2, 0.25) is 5.88 Å². The minimum Gasteiger partial charge on any atom is -0.480 e. The van der Waals surface area contributed by atoms with Crippen LogP contribution in [-0.2, 0) is 9.47 Å². The number of nitrogens with one attached hydrogen (secondary N) is 1. The lowest BCUT2D eigenvalue weighted by molar-refractivity contribution is -0.158. The molecule has 0 amide bonds. The van der Waals surface area contributed by atoms with Gasteiger partial charge < -0.3 is 24.6 Å². The van der Waals surface area contributed by atoms with Crippen LogP contribution in [0.1, 0.15) is 20.3 Å². The molecule has 2 fully saturated rings. The van der Waals surface area contributed by atoms with Crippen molar-refractivity contribution in [2.75, 3.05) is 25.3 Å². The second-order valence-corrected chi connectivity index (χ2v) is 10.1. The molecular weight excluding hydrogens is 450 g/mol. The highest BCUT2D eigenvalue weighted by molar-refractivity contribution is 7.98. The number of thiazole rings is 1. The van der Waals surface area contributed by atoms with E-state index in [1.54, 1.807) is 19.5 Å². The lowest BCUT2D eigenvalue weighted by Crippen LogP contribution is -2.35. The summed E-state index contributed by atoms with van der Waals surface area (Å²) in [6.45, 7) is 3.84. The number of hydrogen-bond donors (Lipinski definition) is 2. The average Bonchev–Trinajstić information content (AvgIpc) is 3.44. The summed E-state index contributed by atoms with van der Waals surface area (Å²) in [5.74, 6) is 0.375. The Balaban J connectivity index is 1.57. The first-order valence-corrected chi connectivity index (χ1v) is 12.4. The van der Waals surface area contributed by atoms with E-state index in [4.69, 9.17) is 24.2 Å². The Morgan fingerprint density at radius 2 is 2.09 bits per heavy atom. The van der Waals surface area contributed by atoms with Gasteiger partial charge in [-0.3, -0.25) is 4.98 Å². The van der Waals surface area contributed by atoms with Crippen LogP contribution < -0.4 is 10.1 Å². The number of methoxy groups -OCH3 is 1. The van der Waals surface area contributed by atoms with Crippen molar-refractivity contribution in [1.29, 1.82) is 0 Å². The van der Waals surface area contributed by atoms with Crippen LogP contribution in [-0.4, -0.2) is 69.1 Å². The Kier molecular flexibility index (Phi) is 5.70. The molecule has 1 saturated heterocycles. The number of ether oxygens (including phenoxy) is 3. The summed E-state index contributed by atoms with van der Waals surface area (Å²) in [4.78, 5) is 18.2. The molecule has 0 spiro atoms. The second kappa shape index (κ2) is 8.38. The number of aliphatic hydroxyl groups is 1. The van der Waals surface area contributed by atoms with Crippen LogP contribution in [0.2, 0.25) is 0 Å². The Bertz CT molecular complexity index is 1110. The number of pyridine rings is 1. The maximum Gasteiger partial charge on any atom is 0.229 e. The number of aromatic nitrogens is 4. The molecule has 170 valence electrons. The fourth-order valence-electron chi connectivity index (χ4n) is 4.43. The van der Waals surface area contributed by atoms with Crippen LogP contribution >= 0.6 is 23.1 Å². The molecule has 5 rings (SSSR count). The maximum absolute atomic E-state index is 9.92. The SMILES string of the molecule is COc1nc(SC)nc(N[C@@H]2C[C@H](CO)[C@H]3OC(C)(C)O[C@H]32)c1-c1nc2cnccc2s1. The summed E-state index contributed by atoms with van der Waals surface area (Å²) in [6.07, 6.45) is 5.74. The number of fused-ring (bicyclic) bond motifs is 2. The molecule has 1 aliphatic heterocycles. The van der Waals surface area contributed by atoms with Crippen molar-refractivity contribution in [2.24, 2.45) is 5.92 Å². The van der Waals surface area contributed by atoms with E-state index in [1.165, 1.54) is 23.1 Å². The van der Waals surface area contributed by atoms with Crippen molar-refractivity contribution in [1.82, 2.24) is 19.9 Å². The molecule has 0 radical (unpaired) electrons. The molecule has 0 unspecified atom stereocenters. The van der Waals surface area contributed by atoms with Crippen molar-refractivity contribution in [3.05, 3.63) is 18.5 Å². The molecule has 9 nitrogen and oxygen atoms in total. The van der Waals surface area contributed by atoms with Crippen LogP contribution in [0.4, 0.5) is 5.82 Å². The highest BCUT2D eigenvalue weighted by Gasteiger charge is 2.54. The number of rotatable bonds is 6. The van der Waals surface area contributed by atoms with E-state index >= 15 is 0 Å². The van der Waals surface area contributed by atoms with E-state index in [2.05, 4.69) is 15.3 Å². The van der Waals surface area contributed by atoms with Crippen molar-refractivity contribution in [2.45, 2.75) is 49.5 Å². The average molecular weight is 476 g/mol. The highest BCUT2D eigenvalue weighted by Crippen LogP contribution is 2.45. The normalized spacial score (nSPS) is 26.4. The van der Waals surface area contributed by atoms with Gasteiger partial charge in [-0.25, -0.2) is 9.97 Å². The Morgan fingerprint density at radius 1 is 1.28 bits per heavy atom. The van der Waals surface area contributed by atoms with Crippen molar-refractivity contribution in [3.63, 3.8) is 0 Å². The zero-order valence-corrected chi connectivity index (χ0v) is 19.9. The summed E-state index contributed by atoms with van der Waals surface area (Å²) in [5.41, 5.74) is 1.51. The summed E-state index contributed by atoms with van der Waals surface area (Å²) in [6, 6.07) is 1.84. The minimum absolute atomic E-state index is 0.0139. The first kappa shape index (κ1) is 21.8. The van der Waals surface area contributed by atoms with Crippen LogP contribution in [0.3, 0.4) is 0 Å². The van der Waals surface area contributed by atoms with Gasteiger partial charge in [0.25, 0.3) is 0 Å². The molecule has 11 heteroatoms. The molecule has 0 aromatic carbocycles. The largest absolute Gasteiger partial charge is 0.480 e. The summed E-state index contributed by atoms with van der Waals surface area (Å²) in [5, 5.41) is 14.8. The van der Waals surface area contributed by atoms with Crippen LogP contribution in [0.5, 0.6) is 5.88 Å². The molecular formula is C21H25N5O4S2. The van der Waals surface area contributed by atoms with E-state index in [1.807, 2.05) is 26.2 Å². The third-order valence-electron chi connectivity index (χ3n) is 5.77. The molecule has 3 aromatic heterocycles. The number of anilines is 1. The predicted molar refractivity (Wildman–Crippen MR) is 123 cm³/mol. The standard InChI is InChI=1S/C21H25N5O4S2/c1-21(2)29-15-10(9-27)7-11(16(15)30-21)23-17-14(18(28-3)26-20(25-17)31-4)19-24-12-8-22-6-5-13(12)32-19/h5-6,8,10-11,15-16,27H,7,9H2,1-4H3,(H,23,25,26)/t10-,11-,15-,16+/m1/s1. The molecule has 1 aliphatic carbocycles. The van der Waals surface area contributed by atoms with Gasteiger partial charge in [-0.1, -0.05) is 11.8 Å². The smallest absolute Gasteiger partial charge is 0.229 e. The summed E-state index contributed by atoms with van der Waals surface area (Å²) >= 11 is 2.97. The van der Waals surface area contributed by atoms with E-state index < -0.39 is 5.79 Å². The van der Waals surface area contributed by atoms with E-state index in [9.17, 15) is 5.11 Å². The highest BCUT2D eigenvalue weighted by atomic mass is 32.2. The fraction of sp³-hybridized carbons (Fsp3) is 0.524. The van der Waals surface area contributed by atoms with Gasteiger partial charge in [0.1, 0.15) is 28.0 Å². The Labute approximate surface area is 193 Å². The van der Waals surface area contributed by atoms with Gasteiger partial charge in [0.05, 0.1) is 30.2 Å². The van der Waals surface area contributed by atoms with Crippen LogP contribution in [0, 0.1) is 5.92 Å². The van der Waals surface area contributed by atoms with Crippen molar-refractivity contribution < 1.29 is 19.3 Å². The van der Waals surface area contributed by atoms with E-state index in [-0.39, 0.29) is 30.8 Å². The molecule has 4 atom stereocenters. The zero-order valence-electron chi connectivity index (χ0n) is 18.2. The molecule has 4 heterocycles. The molecule has 32 heavy (non-hydrogen) atoms. The fourth-order valence-corrected chi connectivity index (χ4v) is 5.75. The predicted octanol–water partition coefficient (Wildman–Crippen LogP) is 3.19. The minimum atomic E-state index is -0.695. The van der Waals surface area contributed by atoms with Gasteiger partial charge in [0.15, 0.2) is 10.9 Å².